The number of benzene rings is 1. The summed E-state index contributed by atoms with van der Waals surface area (Å²) in [4.78, 5) is 40.2. The number of ether oxygens (including phenoxy) is 1. The monoisotopic (exact) mass is 446 g/mol. The second kappa shape index (κ2) is 8.95. The Morgan fingerprint density at radius 3 is 2.60 bits per heavy atom. The molecule has 0 spiro atoms. The van der Waals surface area contributed by atoms with E-state index in [1.54, 1.807) is 19.1 Å². The SMILES string of the molecule is CC(=O)OCC#CCN1C(=O)N(c2ccc(Cl)c(Cl)c2)C(=O)C1(C)C1=CCCC=C1. The number of nitrogens with zero attached hydrogens (tertiary/aromatic N) is 2. The second-order valence-corrected chi connectivity index (χ2v) is 7.77. The standard InChI is InChI=1S/C22H20Cl2N2O4/c1-15(27)30-13-7-6-12-25-21(29)26(17-10-11-18(23)19(24)14-17)20(28)22(25,2)16-8-4-3-5-9-16/h4,8-11,14H,3,5,12-13H2,1-2H3. The highest BCUT2D eigenvalue weighted by atomic mass is 35.5. The summed E-state index contributed by atoms with van der Waals surface area (Å²) in [7, 11) is 0. The van der Waals surface area contributed by atoms with Crippen molar-refractivity contribution in [1.29, 1.82) is 0 Å². The Kier molecular flexibility index (Phi) is 6.55. The maximum absolute atomic E-state index is 13.5. The normalized spacial score (nSPS) is 20.7. The van der Waals surface area contributed by atoms with Crippen LogP contribution >= 0.6 is 23.2 Å². The van der Waals surface area contributed by atoms with Crippen LogP contribution in [-0.2, 0) is 14.3 Å². The van der Waals surface area contributed by atoms with E-state index in [4.69, 9.17) is 27.9 Å². The van der Waals surface area contributed by atoms with Crippen molar-refractivity contribution in [3.05, 3.63) is 52.0 Å². The first-order valence-corrected chi connectivity index (χ1v) is 10.1. The van der Waals surface area contributed by atoms with E-state index < -0.39 is 23.4 Å². The molecule has 1 aliphatic heterocycles. The van der Waals surface area contributed by atoms with Gasteiger partial charge in [-0.15, -0.1) is 0 Å². The van der Waals surface area contributed by atoms with Gasteiger partial charge in [0.05, 0.1) is 22.3 Å². The minimum atomic E-state index is -1.23. The van der Waals surface area contributed by atoms with E-state index in [2.05, 4.69) is 11.8 Å². The van der Waals surface area contributed by atoms with Gasteiger partial charge in [-0.05, 0) is 43.5 Å². The molecule has 1 aromatic carbocycles. The molecule has 2 aliphatic rings. The van der Waals surface area contributed by atoms with Crippen molar-refractivity contribution in [3.63, 3.8) is 0 Å². The number of imide groups is 1. The zero-order valence-corrected chi connectivity index (χ0v) is 18.1. The largest absolute Gasteiger partial charge is 0.453 e. The third-order valence-corrected chi connectivity index (χ3v) is 5.75. The number of hydrogen-bond donors (Lipinski definition) is 0. The van der Waals surface area contributed by atoms with Crippen LogP contribution < -0.4 is 4.90 Å². The molecule has 3 rings (SSSR count). The van der Waals surface area contributed by atoms with E-state index in [0.29, 0.717) is 10.7 Å². The van der Waals surface area contributed by atoms with Crippen LogP contribution in [0.4, 0.5) is 10.5 Å². The van der Waals surface area contributed by atoms with E-state index >= 15 is 0 Å². The molecule has 1 aliphatic carbocycles. The molecular formula is C22H20Cl2N2O4. The number of carbonyl (C=O) groups excluding carboxylic acids is 3. The molecule has 8 heteroatoms. The summed E-state index contributed by atoms with van der Waals surface area (Å²) >= 11 is 12.1. The van der Waals surface area contributed by atoms with Crippen molar-refractivity contribution in [2.24, 2.45) is 0 Å². The molecule has 6 nitrogen and oxygen atoms in total. The fourth-order valence-electron chi connectivity index (χ4n) is 3.39. The molecular weight excluding hydrogens is 427 g/mol. The number of urea groups is 1. The number of halogens is 2. The minimum Gasteiger partial charge on any atom is -0.453 e. The Morgan fingerprint density at radius 2 is 1.97 bits per heavy atom. The van der Waals surface area contributed by atoms with Crippen LogP contribution in [0.1, 0.15) is 26.7 Å². The highest BCUT2D eigenvalue weighted by Crippen LogP contribution is 2.39. The van der Waals surface area contributed by atoms with Gasteiger partial charge in [-0.1, -0.05) is 53.3 Å². The predicted molar refractivity (Wildman–Crippen MR) is 115 cm³/mol. The van der Waals surface area contributed by atoms with Gasteiger partial charge in [0, 0.05) is 6.92 Å². The van der Waals surface area contributed by atoms with Crippen LogP contribution in [0.5, 0.6) is 0 Å². The maximum atomic E-state index is 13.5. The van der Waals surface area contributed by atoms with Crippen molar-refractivity contribution in [1.82, 2.24) is 4.90 Å². The van der Waals surface area contributed by atoms with Crippen molar-refractivity contribution < 1.29 is 19.1 Å². The molecule has 156 valence electrons. The van der Waals surface area contributed by atoms with Crippen LogP contribution in [0.15, 0.2) is 42.0 Å². The van der Waals surface area contributed by atoms with Gasteiger partial charge in [-0.3, -0.25) is 14.5 Å². The zero-order chi connectivity index (χ0) is 21.9. The smallest absolute Gasteiger partial charge is 0.333 e. The number of esters is 1. The molecule has 0 saturated carbocycles. The van der Waals surface area contributed by atoms with Gasteiger partial charge >= 0.3 is 12.0 Å². The van der Waals surface area contributed by atoms with Gasteiger partial charge < -0.3 is 4.74 Å². The average molecular weight is 447 g/mol. The first-order valence-electron chi connectivity index (χ1n) is 9.34. The fourth-order valence-corrected chi connectivity index (χ4v) is 3.68. The predicted octanol–water partition coefficient (Wildman–Crippen LogP) is 4.36. The summed E-state index contributed by atoms with van der Waals surface area (Å²) in [6.45, 7) is 2.91. The number of hydrogen-bond acceptors (Lipinski definition) is 4. The minimum absolute atomic E-state index is 0.00859. The second-order valence-electron chi connectivity index (χ2n) is 6.95. The zero-order valence-electron chi connectivity index (χ0n) is 16.6. The molecule has 1 heterocycles. The van der Waals surface area contributed by atoms with Gasteiger partial charge in [0.15, 0.2) is 6.61 Å². The molecule has 1 fully saturated rings. The quantitative estimate of drug-likeness (QED) is 0.391. The van der Waals surface area contributed by atoms with Crippen molar-refractivity contribution in [3.8, 4) is 11.8 Å². The summed E-state index contributed by atoms with van der Waals surface area (Å²) < 4.78 is 4.79. The lowest BCUT2D eigenvalue weighted by Gasteiger charge is -2.32. The van der Waals surface area contributed by atoms with Gasteiger partial charge in [0.1, 0.15) is 5.54 Å². The number of anilines is 1. The summed E-state index contributed by atoms with van der Waals surface area (Å²) in [5.74, 6) is 4.68. The molecule has 1 saturated heterocycles. The van der Waals surface area contributed by atoms with Crippen molar-refractivity contribution >= 4 is 46.8 Å². The third kappa shape index (κ3) is 4.09. The molecule has 1 aromatic rings. The van der Waals surface area contributed by atoms with Crippen LogP contribution in [0, 0.1) is 11.8 Å². The summed E-state index contributed by atoms with van der Waals surface area (Å²) in [5, 5.41) is 0.571. The third-order valence-electron chi connectivity index (χ3n) is 5.01. The Morgan fingerprint density at radius 1 is 1.20 bits per heavy atom. The van der Waals surface area contributed by atoms with Crippen LogP contribution in [0.25, 0.3) is 0 Å². The Hall–Kier alpha value is -2.75. The molecule has 3 amide bonds. The van der Waals surface area contributed by atoms with E-state index in [1.165, 1.54) is 17.9 Å². The van der Waals surface area contributed by atoms with Crippen LogP contribution in [-0.4, -0.2) is 41.5 Å². The summed E-state index contributed by atoms with van der Waals surface area (Å²) in [6.07, 6.45) is 7.46. The Balaban J connectivity index is 1.98. The Bertz CT molecular complexity index is 1020. The molecule has 0 bridgehead atoms. The summed E-state index contributed by atoms with van der Waals surface area (Å²) in [5.41, 5.74) is -0.159. The topological polar surface area (TPSA) is 66.9 Å². The van der Waals surface area contributed by atoms with E-state index in [0.717, 1.165) is 23.3 Å². The molecule has 1 unspecified atom stereocenters. The van der Waals surface area contributed by atoms with Gasteiger partial charge in [-0.25, -0.2) is 9.69 Å². The fraction of sp³-hybridized carbons (Fsp3) is 0.318. The summed E-state index contributed by atoms with van der Waals surface area (Å²) in [6, 6.07) is 4.09. The lowest BCUT2D eigenvalue weighted by atomic mass is 9.86. The van der Waals surface area contributed by atoms with Gasteiger partial charge in [0.25, 0.3) is 5.91 Å². The molecule has 1 atom stereocenters. The highest BCUT2D eigenvalue weighted by Gasteiger charge is 2.56. The van der Waals surface area contributed by atoms with Crippen molar-refractivity contribution in [2.45, 2.75) is 32.2 Å². The van der Waals surface area contributed by atoms with E-state index in [-0.39, 0.29) is 18.2 Å². The number of carbonyl (C=O) groups is 3. The van der Waals surface area contributed by atoms with E-state index in [1.807, 2.05) is 18.2 Å². The van der Waals surface area contributed by atoms with Crippen LogP contribution in [0.3, 0.4) is 0 Å². The number of rotatable bonds is 4. The molecule has 30 heavy (non-hydrogen) atoms. The molecule has 0 radical (unpaired) electrons. The molecule has 0 N–H and O–H groups in total. The maximum Gasteiger partial charge on any atom is 0.333 e. The van der Waals surface area contributed by atoms with Gasteiger partial charge in [0.2, 0.25) is 0 Å². The lowest BCUT2D eigenvalue weighted by Crippen LogP contribution is -2.48. The van der Waals surface area contributed by atoms with Crippen LogP contribution in [0.2, 0.25) is 10.0 Å². The van der Waals surface area contributed by atoms with Crippen molar-refractivity contribution in [2.75, 3.05) is 18.1 Å². The molecule has 0 aromatic heterocycles. The first-order chi connectivity index (χ1) is 14.3. The lowest BCUT2D eigenvalue weighted by molar-refractivity contribution is -0.139. The number of amides is 3. The van der Waals surface area contributed by atoms with Gasteiger partial charge in [-0.2, -0.15) is 0 Å². The highest BCUT2D eigenvalue weighted by molar-refractivity contribution is 6.42. The Labute approximate surface area is 185 Å². The number of allylic oxidation sites excluding steroid dienone is 2. The van der Waals surface area contributed by atoms with E-state index in [9.17, 15) is 14.4 Å². The first kappa shape index (κ1) is 21.9. The average Bonchev–Trinajstić information content (AvgIpc) is 2.91.